The molecule has 0 saturated heterocycles. The topological polar surface area (TPSA) is 70.7 Å². The Labute approximate surface area is 167 Å². The van der Waals surface area contributed by atoms with E-state index >= 15 is 0 Å². The van der Waals surface area contributed by atoms with Gasteiger partial charge in [0.1, 0.15) is 5.82 Å². The molecule has 2 N–H and O–H groups in total. The summed E-state index contributed by atoms with van der Waals surface area (Å²) in [5.74, 6) is 0.751. The molecule has 3 aromatic heterocycles. The highest BCUT2D eigenvalue weighted by Crippen LogP contribution is 2.31. The number of nitrogens with one attached hydrogen (secondary N) is 2. The van der Waals surface area contributed by atoms with Crippen molar-refractivity contribution >= 4 is 27.5 Å². The molecule has 0 spiro atoms. The van der Waals surface area contributed by atoms with Crippen molar-refractivity contribution in [1.82, 2.24) is 15.0 Å². The van der Waals surface area contributed by atoms with Gasteiger partial charge in [-0.15, -0.1) is 0 Å². The molecule has 140 valence electrons. The third-order valence-electron chi connectivity index (χ3n) is 5.00. The molecule has 0 fully saturated rings. The van der Waals surface area contributed by atoms with Crippen LogP contribution < -0.4 is 10.9 Å². The first kappa shape index (κ1) is 17.1. The number of hydrogen-bond acceptors (Lipinski definition) is 4. The fourth-order valence-corrected chi connectivity index (χ4v) is 3.59. The lowest BCUT2D eigenvalue weighted by Gasteiger charge is -2.13. The second-order valence-corrected chi connectivity index (χ2v) is 6.87. The van der Waals surface area contributed by atoms with Crippen molar-refractivity contribution < 1.29 is 0 Å². The first-order valence-corrected chi connectivity index (χ1v) is 9.43. The highest BCUT2D eigenvalue weighted by Gasteiger charge is 2.12. The minimum absolute atomic E-state index is 0.135. The molecule has 0 saturated carbocycles. The van der Waals surface area contributed by atoms with Gasteiger partial charge in [-0.3, -0.25) is 9.78 Å². The number of hydrogen-bond donors (Lipinski definition) is 2. The summed E-state index contributed by atoms with van der Waals surface area (Å²) in [7, 11) is 0. The lowest BCUT2D eigenvalue weighted by molar-refractivity contribution is 1.10. The quantitative estimate of drug-likeness (QED) is 0.443. The molecular formula is C24H18N4O. The van der Waals surface area contributed by atoms with E-state index in [9.17, 15) is 4.79 Å². The van der Waals surface area contributed by atoms with Crippen LogP contribution in [-0.4, -0.2) is 15.0 Å². The molecule has 0 aliphatic heterocycles. The Bertz CT molecular complexity index is 1360. The van der Waals surface area contributed by atoms with Gasteiger partial charge in [0.25, 0.3) is 5.56 Å². The normalized spacial score (nSPS) is 11.0. The third kappa shape index (κ3) is 3.23. The number of H-pyrrole nitrogens is 1. The fourth-order valence-electron chi connectivity index (χ4n) is 3.59. The van der Waals surface area contributed by atoms with Gasteiger partial charge in [0.2, 0.25) is 0 Å². The predicted molar refractivity (Wildman–Crippen MR) is 117 cm³/mol. The number of anilines is 1. The van der Waals surface area contributed by atoms with Crippen LogP contribution in [0.5, 0.6) is 0 Å². The monoisotopic (exact) mass is 378 g/mol. The average Bonchev–Trinajstić information content (AvgIpc) is 2.78. The SMILES string of the molecule is O=c1[nH]ccc2nc(NCc3cccnc3)c3ccc(-c4ccccc4)cc3c12. The van der Waals surface area contributed by atoms with Crippen LogP contribution in [0.1, 0.15) is 5.56 Å². The van der Waals surface area contributed by atoms with Crippen LogP contribution in [0.15, 0.2) is 90.1 Å². The van der Waals surface area contributed by atoms with E-state index < -0.39 is 0 Å². The summed E-state index contributed by atoms with van der Waals surface area (Å²) in [6.45, 7) is 0.602. The number of nitrogens with zero attached hydrogens (tertiary/aromatic N) is 2. The molecule has 0 unspecified atom stereocenters. The predicted octanol–water partition coefficient (Wildman–Crippen LogP) is 4.75. The van der Waals surface area contributed by atoms with Gasteiger partial charge in [0.05, 0.1) is 10.9 Å². The zero-order valence-electron chi connectivity index (χ0n) is 15.6. The third-order valence-corrected chi connectivity index (χ3v) is 5.00. The van der Waals surface area contributed by atoms with Crippen molar-refractivity contribution in [2.75, 3.05) is 5.32 Å². The van der Waals surface area contributed by atoms with Crippen molar-refractivity contribution in [1.29, 1.82) is 0 Å². The zero-order valence-corrected chi connectivity index (χ0v) is 15.6. The van der Waals surface area contributed by atoms with Crippen molar-refractivity contribution in [3.05, 3.63) is 101 Å². The van der Waals surface area contributed by atoms with Crippen LogP contribution in [0.25, 0.3) is 32.8 Å². The number of pyridine rings is 3. The highest BCUT2D eigenvalue weighted by molar-refractivity contribution is 6.10. The summed E-state index contributed by atoms with van der Waals surface area (Å²) < 4.78 is 0. The molecule has 5 aromatic rings. The Morgan fingerprint density at radius 3 is 2.62 bits per heavy atom. The van der Waals surface area contributed by atoms with Crippen LogP contribution in [0, 0.1) is 0 Å². The lowest BCUT2D eigenvalue weighted by Crippen LogP contribution is -2.08. The average molecular weight is 378 g/mol. The van der Waals surface area contributed by atoms with Gasteiger partial charge in [-0.1, -0.05) is 48.5 Å². The van der Waals surface area contributed by atoms with E-state index in [2.05, 4.69) is 39.6 Å². The Balaban J connectivity index is 1.70. The molecule has 0 radical (unpaired) electrons. The molecule has 0 aliphatic rings. The number of fused-ring (bicyclic) bond motifs is 3. The summed E-state index contributed by atoms with van der Waals surface area (Å²) in [5.41, 5.74) is 3.77. The molecule has 5 heteroatoms. The number of rotatable bonds is 4. The van der Waals surface area contributed by atoms with Gasteiger partial charge in [-0.25, -0.2) is 4.98 Å². The van der Waals surface area contributed by atoms with E-state index in [-0.39, 0.29) is 5.56 Å². The number of aromatic nitrogens is 3. The number of benzene rings is 2. The Kier molecular flexibility index (Phi) is 4.26. The molecule has 29 heavy (non-hydrogen) atoms. The van der Waals surface area contributed by atoms with E-state index in [0.717, 1.165) is 33.3 Å². The van der Waals surface area contributed by atoms with Crippen LogP contribution in [0.3, 0.4) is 0 Å². The summed E-state index contributed by atoms with van der Waals surface area (Å²) >= 11 is 0. The Morgan fingerprint density at radius 2 is 1.79 bits per heavy atom. The Morgan fingerprint density at radius 1 is 0.897 bits per heavy atom. The van der Waals surface area contributed by atoms with E-state index in [1.165, 1.54) is 0 Å². The minimum atomic E-state index is -0.135. The van der Waals surface area contributed by atoms with Gasteiger partial charge in [-0.2, -0.15) is 0 Å². The van der Waals surface area contributed by atoms with Gasteiger partial charge in [0, 0.05) is 35.9 Å². The molecule has 0 bridgehead atoms. The summed E-state index contributed by atoms with van der Waals surface area (Å²) in [5, 5.41) is 5.81. The van der Waals surface area contributed by atoms with Gasteiger partial charge >= 0.3 is 0 Å². The molecule has 0 amide bonds. The van der Waals surface area contributed by atoms with Gasteiger partial charge in [-0.05, 0) is 34.9 Å². The molecule has 0 aliphatic carbocycles. The molecule has 3 heterocycles. The fraction of sp³-hybridized carbons (Fsp3) is 0.0417. The molecule has 2 aromatic carbocycles. The second kappa shape index (κ2) is 7.20. The molecule has 5 rings (SSSR count). The maximum Gasteiger partial charge on any atom is 0.258 e. The maximum atomic E-state index is 12.6. The van der Waals surface area contributed by atoms with Crippen molar-refractivity contribution in [2.45, 2.75) is 6.54 Å². The standard InChI is InChI=1S/C24H18N4O/c29-24-22-20-13-18(17-6-2-1-3-7-17)8-9-19(20)23(28-21(22)10-12-26-24)27-15-16-5-4-11-25-14-16/h1-14H,15H2,(H,26,29)(H,27,28). The van der Waals surface area contributed by atoms with Crippen molar-refractivity contribution in [2.24, 2.45) is 0 Å². The number of aromatic amines is 1. The van der Waals surface area contributed by atoms with Crippen molar-refractivity contribution in [3.8, 4) is 11.1 Å². The van der Waals surface area contributed by atoms with E-state index in [1.807, 2.05) is 48.7 Å². The van der Waals surface area contributed by atoms with Crippen LogP contribution in [0.2, 0.25) is 0 Å². The molecule has 5 nitrogen and oxygen atoms in total. The van der Waals surface area contributed by atoms with E-state index in [1.54, 1.807) is 12.4 Å². The minimum Gasteiger partial charge on any atom is -0.365 e. The smallest absolute Gasteiger partial charge is 0.258 e. The lowest BCUT2D eigenvalue weighted by atomic mass is 9.99. The van der Waals surface area contributed by atoms with Gasteiger partial charge in [0.15, 0.2) is 0 Å². The van der Waals surface area contributed by atoms with Gasteiger partial charge < -0.3 is 10.3 Å². The van der Waals surface area contributed by atoms with Crippen molar-refractivity contribution in [3.63, 3.8) is 0 Å². The Hall–Kier alpha value is -3.99. The summed E-state index contributed by atoms with van der Waals surface area (Å²) in [6, 6.07) is 22.1. The van der Waals surface area contributed by atoms with E-state index in [4.69, 9.17) is 4.98 Å². The largest absolute Gasteiger partial charge is 0.365 e. The molecule has 0 atom stereocenters. The zero-order chi connectivity index (χ0) is 19.6. The second-order valence-electron chi connectivity index (χ2n) is 6.87. The first-order valence-electron chi connectivity index (χ1n) is 9.43. The van der Waals surface area contributed by atoms with Crippen LogP contribution in [-0.2, 0) is 6.54 Å². The first-order chi connectivity index (χ1) is 14.3. The van der Waals surface area contributed by atoms with Crippen LogP contribution in [0.4, 0.5) is 5.82 Å². The highest BCUT2D eigenvalue weighted by atomic mass is 16.1. The van der Waals surface area contributed by atoms with Crippen LogP contribution >= 0.6 is 0 Å². The summed E-state index contributed by atoms with van der Waals surface area (Å²) in [6.07, 6.45) is 5.22. The van der Waals surface area contributed by atoms with E-state index in [0.29, 0.717) is 17.4 Å². The maximum absolute atomic E-state index is 12.6. The summed E-state index contributed by atoms with van der Waals surface area (Å²) in [4.78, 5) is 24.3. The molecular weight excluding hydrogens is 360 g/mol.